The third-order valence-corrected chi connectivity index (χ3v) is 5.64. The number of nitrogens with one attached hydrogen (secondary N) is 3. The predicted octanol–water partition coefficient (Wildman–Crippen LogP) is 5.82. The van der Waals surface area contributed by atoms with Gasteiger partial charge in [0.25, 0.3) is 5.91 Å². The van der Waals surface area contributed by atoms with Crippen LogP contribution < -0.4 is 20.7 Å². The summed E-state index contributed by atoms with van der Waals surface area (Å²) in [6.07, 6.45) is 0. The zero-order chi connectivity index (χ0) is 23.3. The van der Waals surface area contributed by atoms with Gasteiger partial charge in [-0.05, 0) is 52.6 Å². The Hall–Kier alpha value is -4.58. The molecule has 6 nitrogen and oxygen atoms in total. The van der Waals surface area contributed by atoms with Crippen LogP contribution in [0, 0.1) is 0 Å². The Morgan fingerprint density at radius 2 is 1.53 bits per heavy atom. The highest BCUT2D eigenvalue weighted by Gasteiger charge is 2.21. The van der Waals surface area contributed by atoms with Gasteiger partial charge in [0.15, 0.2) is 0 Å². The van der Waals surface area contributed by atoms with E-state index in [1.807, 2.05) is 91.0 Å². The monoisotopic (exact) mass is 449 g/mol. The van der Waals surface area contributed by atoms with Crippen molar-refractivity contribution < 1.29 is 14.3 Å². The van der Waals surface area contributed by atoms with E-state index in [1.54, 1.807) is 6.07 Å². The predicted molar refractivity (Wildman–Crippen MR) is 133 cm³/mol. The summed E-state index contributed by atoms with van der Waals surface area (Å²) < 4.78 is 5.83. The second-order valence-electron chi connectivity index (χ2n) is 7.97. The molecule has 0 saturated heterocycles. The fraction of sp³-hybridized carbons (Fsp3) is 0.0714. The first kappa shape index (κ1) is 21.3. The van der Waals surface area contributed by atoms with Crippen molar-refractivity contribution in [2.75, 3.05) is 10.6 Å². The van der Waals surface area contributed by atoms with Gasteiger partial charge in [0.05, 0.1) is 0 Å². The van der Waals surface area contributed by atoms with Crippen LogP contribution in [-0.2, 0) is 13.2 Å². The Morgan fingerprint density at radius 3 is 2.35 bits per heavy atom. The van der Waals surface area contributed by atoms with E-state index in [1.165, 1.54) is 0 Å². The van der Waals surface area contributed by atoms with E-state index >= 15 is 0 Å². The Labute approximate surface area is 197 Å². The zero-order valence-electron chi connectivity index (χ0n) is 18.4. The molecular weight excluding hydrogens is 426 g/mol. The molecule has 0 unspecified atom stereocenters. The molecule has 4 aromatic rings. The number of hydrogen-bond donors (Lipinski definition) is 3. The summed E-state index contributed by atoms with van der Waals surface area (Å²) in [6.45, 7) is 0.985. The number of amides is 3. The molecule has 3 amide bonds. The molecule has 1 aliphatic heterocycles. The van der Waals surface area contributed by atoms with E-state index in [4.69, 9.17) is 4.74 Å². The summed E-state index contributed by atoms with van der Waals surface area (Å²) in [6, 6.07) is 30.1. The van der Waals surface area contributed by atoms with Gasteiger partial charge in [-0.3, -0.25) is 4.79 Å². The van der Waals surface area contributed by atoms with Gasteiger partial charge in [-0.15, -0.1) is 0 Å². The van der Waals surface area contributed by atoms with Crippen LogP contribution in [0.4, 0.5) is 16.2 Å². The van der Waals surface area contributed by atoms with Crippen molar-refractivity contribution in [2.45, 2.75) is 13.2 Å². The third-order valence-electron chi connectivity index (χ3n) is 5.64. The molecule has 0 aromatic heterocycles. The van der Waals surface area contributed by atoms with Crippen LogP contribution in [-0.4, -0.2) is 11.9 Å². The summed E-state index contributed by atoms with van der Waals surface area (Å²) in [5.74, 6) is 0.635. The van der Waals surface area contributed by atoms with Crippen LogP contribution in [0.2, 0.25) is 0 Å². The fourth-order valence-electron chi connectivity index (χ4n) is 3.96. The van der Waals surface area contributed by atoms with Crippen molar-refractivity contribution in [3.63, 3.8) is 0 Å². The minimum Gasteiger partial charge on any atom is -0.489 e. The molecule has 4 aromatic carbocycles. The molecule has 5 rings (SSSR count). The molecule has 0 fully saturated rings. The maximum Gasteiger partial charge on any atom is 0.323 e. The van der Waals surface area contributed by atoms with Crippen LogP contribution >= 0.6 is 0 Å². The van der Waals surface area contributed by atoms with E-state index in [2.05, 4.69) is 16.0 Å². The van der Waals surface area contributed by atoms with E-state index in [-0.39, 0.29) is 11.9 Å². The summed E-state index contributed by atoms with van der Waals surface area (Å²) in [5, 5.41) is 8.55. The lowest BCUT2D eigenvalue weighted by atomic mass is 9.97. The first-order valence-corrected chi connectivity index (χ1v) is 11.0. The number of ether oxygens (including phenoxy) is 1. The van der Waals surface area contributed by atoms with Gasteiger partial charge < -0.3 is 20.7 Å². The summed E-state index contributed by atoms with van der Waals surface area (Å²) >= 11 is 0. The molecule has 0 atom stereocenters. The van der Waals surface area contributed by atoms with Crippen molar-refractivity contribution in [3.05, 3.63) is 114 Å². The van der Waals surface area contributed by atoms with Crippen LogP contribution in [0.25, 0.3) is 11.1 Å². The average molecular weight is 450 g/mol. The number of urea groups is 1. The standard InChI is InChI=1S/C28H23N3O3/c32-27-25-11-5-10-24(26(25)17-29-27)20-12-14-21(15-13-20)30-28(33)31-22-8-4-9-23(16-22)34-18-19-6-2-1-3-7-19/h1-16H,17-18H2,(H,29,32)(H2,30,31,33). The SMILES string of the molecule is O=C(Nc1ccc(-c2cccc3c2CNC3=O)cc1)Nc1cccc(OCc2ccccc2)c1. The lowest BCUT2D eigenvalue weighted by Gasteiger charge is -2.11. The molecule has 6 heteroatoms. The molecular formula is C28H23N3O3. The number of hydrogen-bond acceptors (Lipinski definition) is 3. The first-order valence-electron chi connectivity index (χ1n) is 11.0. The number of carbonyl (C=O) groups is 2. The Kier molecular flexibility index (Phi) is 5.95. The average Bonchev–Trinajstić information content (AvgIpc) is 3.25. The Morgan fingerprint density at radius 1 is 0.794 bits per heavy atom. The van der Waals surface area contributed by atoms with Crippen molar-refractivity contribution in [2.24, 2.45) is 0 Å². The largest absolute Gasteiger partial charge is 0.489 e. The highest BCUT2D eigenvalue weighted by Crippen LogP contribution is 2.30. The molecule has 1 aliphatic rings. The highest BCUT2D eigenvalue weighted by molar-refractivity contribution is 6.01. The van der Waals surface area contributed by atoms with Gasteiger partial charge in [-0.25, -0.2) is 4.79 Å². The molecule has 0 bridgehead atoms. The molecule has 0 saturated carbocycles. The minimum absolute atomic E-state index is 0.0404. The number of benzene rings is 4. The summed E-state index contributed by atoms with van der Waals surface area (Å²) in [4.78, 5) is 24.4. The molecule has 0 radical (unpaired) electrons. The van der Waals surface area contributed by atoms with Crippen LogP contribution in [0.1, 0.15) is 21.5 Å². The van der Waals surface area contributed by atoms with Crippen molar-refractivity contribution >= 4 is 23.3 Å². The molecule has 34 heavy (non-hydrogen) atoms. The van der Waals surface area contributed by atoms with E-state index in [0.717, 1.165) is 22.3 Å². The van der Waals surface area contributed by atoms with Gasteiger partial charge in [-0.2, -0.15) is 0 Å². The quantitative estimate of drug-likeness (QED) is 0.347. The van der Waals surface area contributed by atoms with Crippen LogP contribution in [0.5, 0.6) is 5.75 Å². The van der Waals surface area contributed by atoms with Crippen molar-refractivity contribution in [3.8, 4) is 16.9 Å². The topological polar surface area (TPSA) is 79.5 Å². The number of carbonyl (C=O) groups excluding carboxylic acids is 2. The van der Waals surface area contributed by atoms with Gasteiger partial charge in [0.2, 0.25) is 0 Å². The summed E-state index contributed by atoms with van der Waals surface area (Å²) in [5.41, 5.74) is 6.10. The minimum atomic E-state index is -0.344. The maximum atomic E-state index is 12.5. The lowest BCUT2D eigenvalue weighted by Crippen LogP contribution is -2.19. The first-order chi connectivity index (χ1) is 16.7. The normalized spacial score (nSPS) is 11.9. The van der Waals surface area contributed by atoms with E-state index in [9.17, 15) is 9.59 Å². The number of anilines is 2. The molecule has 1 heterocycles. The zero-order valence-corrected chi connectivity index (χ0v) is 18.4. The van der Waals surface area contributed by atoms with Crippen molar-refractivity contribution in [1.82, 2.24) is 5.32 Å². The van der Waals surface area contributed by atoms with Gasteiger partial charge in [0, 0.05) is 29.5 Å². The Balaban J connectivity index is 1.21. The van der Waals surface area contributed by atoms with Gasteiger partial charge in [0.1, 0.15) is 12.4 Å². The van der Waals surface area contributed by atoms with Crippen LogP contribution in [0.3, 0.4) is 0 Å². The lowest BCUT2D eigenvalue weighted by molar-refractivity contribution is 0.0965. The number of rotatable bonds is 6. The third kappa shape index (κ3) is 4.76. The number of fused-ring (bicyclic) bond motifs is 1. The smallest absolute Gasteiger partial charge is 0.323 e. The Bertz CT molecular complexity index is 1330. The van der Waals surface area contributed by atoms with E-state index < -0.39 is 0 Å². The van der Waals surface area contributed by atoms with Crippen molar-refractivity contribution in [1.29, 1.82) is 0 Å². The second-order valence-corrected chi connectivity index (χ2v) is 7.97. The van der Waals surface area contributed by atoms with Gasteiger partial charge in [-0.1, -0.05) is 60.7 Å². The molecule has 3 N–H and O–H groups in total. The maximum absolute atomic E-state index is 12.5. The highest BCUT2D eigenvalue weighted by atomic mass is 16.5. The molecule has 0 aliphatic carbocycles. The van der Waals surface area contributed by atoms with Gasteiger partial charge >= 0.3 is 6.03 Å². The molecule has 0 spiro atoms. The van der Waals surface area contributed by atoms with E-state index in [0.29, 0.717) is 35.8 Å². The summed E-state index contributed by atoms with van der Waals surface area (Å²) in [7, 11) is 0. The molecule has 168 valence electrons. The second kappa shape index (κ2) is 9.50. The fourth-order valence-corrected chi connectivity index (χ4v) is 3.96. The van der Waals surface area contributed by atoms with Crippen LogP contribution in [0.15, 0.2) is 97.1 Å².